The summed E-state index contributed by atoms with van der Waals surface area (Å²) in [6, 6.07) is 6.36. The van der Waals surface area contributed by atoms with Crippen molar-refractivity contribution < 1.29 is 0 Å². The molecule has 0 aromatic carbocycles. The second kappa shape index (κ2) is 10.5. The van der Waals surface area contributed by atoms with E-state index in [1.54, 1.807) is 0 Å². The Balaban J connectivity index is 1.33. The summed E-state index contributed by atoms with van der Waals surface area (Å²) in [5.74, 6) is 1.58. The van der Waals surface area contributed by atoms with Crippen LogP contribution in [0.2, 0.25) is 0 Å². The normalized spacial score (nSPS) is 17.5. The van der Waals surface area contributed by atoms with Gasteiger partial charge in [0, 0.05) is 66.3 Å². The maximum Gasteiger partial charge on any atom is 0.181 e. The van der Waals surface area contributed by atoms with Crippen molar-refractivity contribution in [1.82, 2.24) is 35.4 Å². The van der Waals surface area contributed by atoms with Crippen LogP contribution in [0.3, 0.4) is 0 Å². The fourth-order valence-electron chi connectivity index (χ4n) is 5.40. The van der Waals surface area contributed by atoms with E-state index in [0.29, 0.717) is 11.6 Å². The van der Waals surface area contributed by atoms with Gasteiger partial charge in [-0.2, -0.15) is 5.10 Å². The Morgan fingerprint density at radius 1 is 1.13 bits per heavy atom. The summed E-state index contributed by atoms with van der Waals surface area (Å²) in [4.78, 5) is 17.7. The number of likely N-dealkylation sites (N-methyl/N-ethyl adjacent to an activating group) is 1. The number of aromatic nitrogens is 5. The van der Waals surface area contributed by atoms with E-state index >= 15 is 0 Å². The number of nitrogens with one attached hydrogen (secondary N) is 3. The molecule has 0 atom stereocenters. The van der Waals surface area contributed by atoms with Crippen molar-refractivity contribution in [2.75, 3.05) is 38.1 Å². The van der Waals surface area contributed by atoms with E-state index in [9.17, 15) is 0 Å². The third-order valence-corrected chi connectivity index (χ3v) is 8.09. The lowest BCUT2D eigenvalue weighted by atomic mass is 9.83. The smallest absolute Gasteiger partial charge is 0.181 e. The molecule has 8 heteroatoms. The van der Waals surface area contributed by atoms with Crippen molar-refractivity contribution in [3.8, 4) is 11.4 Å². The third kappa shape index (κ3) is 4.88. The molecule has 4 aromatic heterocycles. The van der Waals surface area contributed by atoms with Crippen LogP contribution < -0.4 is 10.2 Å². The Labute approximate surface area is 229 Å². The number of aromatic amines is 2. The molecule has 0 spiro atoms. The summed E-state index contributed by atoms with van der Waals surface area (Å²) < 4.78 is 0. The van der Waals surface area contributed by atoms with Gasteiger partial charge in [-0.25, -0.2) is 9.97 Å². The van der Waals surface area contributed by atoms with Crippen molar-refractivity contribution in [3.05, 3.63) is 78.9 Å². The molecule has 0 radical (unpaired) electrons. The second-order valence-electron chi connectivity index (χ2n) is 10.6. The summed E-state index contributed by atoms with van der Waals surface area (Å²) in [5.41, 5.74) is 7.70. The third-order valence-electron chi connectivity index (χ3n) is 8.09. The molecule has 8 nitrogen and oxygen atoms in total. The zero-order valence-electron chi connectivity index (χ0n) is 22.8. The molecule has 4 aromatic rings. The Morgan fingerprint density at radius 3 is 2.67 bits per heavy atom. The first-order chi connectivity index (χ1) is 19.0. The van der Waals surface area contributed by atoms with Crippen LogP contribution in [0.4, 0.5) is 5.82 Å². The number of nitrogens with zero attached hydrogens (tertiary/aromatic N) is 5. The average molecular weight is 521 g/mol. The van der Waals surface area contributed by atoms with Crippen molar-refractivity contribution in [2.24, 2.45) is 5.92 Å². The summed E-state index contributed by atoms with van der Waals surface area (Å²) in [6.07, 6.45) is 13.5. The fraction of sp³-hybridized carbons (Fsp3) is 0.323. The highest BCUT2D eigenvalue weighted by molar-refractivity contribution is 5.99. The van der Waals surface area contributed by atoms with Crippen LogP contribution in [0, 0.1) is 5.92 Å². The molecule has 3 N–H and O–H groups in total. The van der Waals surface area contributed by atoms with Crippen LogP contribution in [0.1, 0.15) is 31.7 Å². The van der Waals surface area contributed by atoms with Gasteiger partial charge in [-0.1, -0.05) is 25.7 Å². The van der Waals surface area contributed by atoms with E-state index < -0.39 is 0 Å². The molecule has 2 fully saturated rings. The van der Waals surface area contributed by atoms with Gasteiger partial charge in [0.15, 0.2) is 5.65 Å². The zero-order chi connectivity index (χ0) is 26.9. The van der Waals surface area contributed by atoms with Gasteiger partial charge in [0.05, 0.1) is 16.9 Å². The molecule has 1 saturated heterocycles. The number of hydrogen-bond acceptors (Lipinski definition) is 6. The van der Waals surface area contributed by atoms with Crippen molar-refractivity contribution >= 4 is 33.3 Å². The highest BCUT2D eigenvalue weighted by Gasteiger charge is 2.21. The number of hydrogen-bond donors (Lipinski definition) is 3. The summed E-state index contributed by atoms with van der Waals surface area (Å²) in [5, 5.41) is 13.3. The minimum Gasteiger partial charge on any atom is -0.359 e. The Kier molecular flexibility index (Phi) is 6.79. The minimum atomic E-state index is 0.553. The molecular formula is C31H36N8. The molecule has 1 aliphatic carbocycles. The molecule has 1 saturated carbocycles. The van der Waals surface area contributed by atoms with Gasteiger partial charge in [-0.3, -0.25) is 5.10 Å². The van der Waals surface area contributed by atoms with Crippen LogP contribution in [0.15, 0.2) is 73.4 Å². The zero-order valence-corrected chi connectivity index (χ0v) is 22.8. The lowest BCUT2D eigenvalue weighted by molar-refractivity contribution is 0.312. The number of fused-ring (bicyclic) bond motifs is 2. The number of anilines is 1. The summed E-state index contributed by atoms with van der Waals surface area (Å²) in [6.45, 7) is 14.3. The molecule has 0 unspecified atom stereocenters. The maximum atomic E-state index is 4.75. The predicted octanol–water partition coefficient (Wildman–Crippen LogP) is 5.63. The van der Waals surface area contributed by atoms with E-state index in [4.69, 9.17) is 4.98 Å². The maximum absolute atomic E-state index is 4.75. The first-order valence-corrected chi connectivity index (χ1v) is 13.8. The Morgan fingerprint density at radius 2 is 1.95 bits per heavy atom. The molecule has 1 aliphatic heterocycles. The number of piperazine rings is 1. The average Bonchev–Trinajstić information content (AvgIpc) is 3.54. The van der Waals surface area contributed by atoms with Crippen molar-refractivity contribution in [3.63, 3.8) is 0 Å². The van der Waals surface area contributed by atoms with Crippen LogP contribution >= 0.6 is 0 Å². The van der Waals surface area contributed by atoms with Gasteiger partial charge < -0.3 is 20.1 Å². The number of pyridine rings is 2. The summed E-state index contributed by atoms with van der Waals surface area (Å²) >= 11 is 0. The number of H-pyrrole nitrogens is 2. The predicted molar refractivity (Wildman–Crippen MR) is 160 cm³/mol. The highest BCUT2D eigenvalue weighted by Crippen LogP contribution is 2.34. The van der Waals surface area contributed by atoms with Crippen LogP contribution in [0.5, 0.6) is 0 Å². The first-order valence-electron chi connectivity index (χ1n) is 13.8. The SMILES string of the molecule is C=C/C(=C\C(=C/C)c1cnc2n[nH]c(-c3cc4c(N5CCN(C)CC5)nccc4[nH]3)c2c1)NC(=C)C1CCC1. The van der Waals surface area contributed by atoms with Crippen LogP contribution in [-0.2, 0) is 0 Å². The molecule has 39 heavy (non-hydrogen) atoms. The number of rotatable bonds is 8. The van der Waals surface area contributed by atoms with E-state index in [1.807, 2.05) is 31.5 Å². The largest absolute Gasteiger partial charge is 0.359 e. The molecule has 2 aliphatic rings. The van der Waals surface area contributed by atoms with E-state index in [2.05, 4.69) is 79.8 Å². The van der Waals surface area contributed by atoms with Crippen molar-refractivity contribution in [1.29, 1.82) is 0 Å². The monoisotopic (exact) mass is 520 g/mol. The van der Waals surface area contributed by atoms with E-state index in [0.717, 1.165) is 82.2 Å². The van der Waals surface area contributed by atoms with Gasteiger partial charge in [-0.05, 0) is 68.7 Å². The number of allylic oxidation sites excluding steroid dienone is 5. The molecule has 0 bridgehead atoms. The molecular weight excluding hydrogens is 484 g/mol. The van der Waals surface area contributed by atoms with Crippen LogP contribution in [0.25, 0.3) is 38.9 Å². The topological polar surface area (TPSA) is 88.8 Å². The standard InChI is InChI=1S/C31H36N8/c1-5-21(16-24(6-2)34-20(3)22-8-7-9-22)23-17-26-29(36-37-30(26)33-19-23)28-18-25-27(35-28)10-11-32-31(25)39-14-12-38(4)13-15-39/h5-6,10-11,16-19,22,34-35H,2-3,7-9,12-15H2,1,4H3,(H,33,36,37)/b21-5+,24-16+. The molecule has 6 rings (SSSR count). The molecule has 200 valence electrons. The van der Waals surface area contributed by atoms with Gasteiger partial charge in [0.1, 0.15) is 5.82 Å². The van der Waals surface area contributed by atoms with Crippen LogP contribution in [-0.4, -0.2) is 63.3 Å². The van der Waals surface area contributed by atoms with E-state index in [-0.39, 0.29) is 0 Å². The highest BCUT2D eigenvalue weighted by atomic mass is 15.3. The summed E-state index contributed by atoms with van der Waals surface area (Å²) in [7, 11) is 2.17. The molecule has 0 amide bonds. The minimum absolute atomic E-state index is 0.553. The van der Waals surface area contributed by atoms with Gasteiger partial charge in [0.2, 0.25) is 0 Å². The lowest BCUT2D eigenvalue weighted by Gasteiger charge is -2.33. The van der Waals surface area contributed by atoms with Gasteiger partial charge >= 0.3 is 0 Å². The Bertz CT molecular complexity index is 1590. The first kappa shape index (κ1) is 25.1. The molecule has 5 heterocycles. The fourth-order valence-corrected chi connectivity index (χ4v) is 5.40. The van der Waals surface area contributed by atoms with E-state index in [1.165, 1.54) is 19.3 Å². The second-order valence-corrected chi connectivity index (χ2v) is 10.6. The van der Waals surface area contributed by atoms with Gasteiger partial charge in [-0.15, -0.1) is 0 Å². The quantitative estimate of drug-likeness (QED) is 0.261. The van der Waals surface area contributed by atoms with Crippen molar-refractivity contribution in [2.45, 2.75) is 26.2 Å². The van der Waals surface area contributed by atoms with Gasteiger partial charge in [0.25, 0.3) is 0 Å². The Hall–Kier alpha value is -4.17. The lowest BCUT2D eigenvalue weighted by Crippen LogP contribution is -2.44.